The normalized spacial score (nSPS) is 21.8. The zero-order chi connectivity index (χ0) is 16.2. The molecular formula is C17H21N5O. The minimum atomic E-state index is -0.176. The van der Waals surface area contributed by atoms with Crippen LogP contribution in [0.5, 0.6) is 0 Å². The molecule has 6 heteroatoms. The number of benzene rings is 1. The van der Waals surface area contributed by atoms with Crippen LogP contribution in [0.3, 0.4) is 0 Å². The first-order valence-corrected chi connectivity index (χ1v) is 7.82. The summed E-state index contributed by atoms with van der Waals surface area (Å²) >= 11 is 0. The summed E-state index contributed by atoms with van der Waals surface area (Å²) in [4.78, 5) is 21.0. The van der Waals surface area contributed by atoms with Crippen molar-refractivity contribution >= 4 is 5.91 Å². The minimum absolute atomic E-state index is 0.176. The average Bonchev–Trinajstić information content (AvgIpc) is 2.59. The summed E-state index contributed by atoms with van der Waals surface area (Å²) in [6, 6.07) is 10.2. The Morgan fingerprint density at radius 1 is 1.13 bits per heavy atom. The Kier molecular flexibility index (Phi) is 4.64. The molecule has 3 rings (SSSR count). The van der Waals surface area contributed by atoms with Gasteiger partial charge < -0.3 is 5.32 Å². The Hall–Kier alpha value is -2.31. The Morgan fingerprint density at radius 3 is 2.35 bits per heavy atom. The van der Waals surface area contributed by atoms with E-state index < -0.39 is 0 Å². The molecule has 120 valence electrons. The van der Waals surface area contributed by atoms with Crippen LogP contribution >= 0.6 is 0 Å². The zero-order valence-electron chi connectivity index (χ0n) is 13.4. The number of nitrogens with zero attached hydrogens (tertiary/aromatic N) is 3. The van der Waals surface area contributed by atoms with Crippen LogP contribution in [0.25, 0.3) is 11.4 Å². The van der Waals surface area contributed by atoms with Gasteiger partial charge in [0.1, 0.15) is 0 Å². The summed E-state index contributed by atoms with van der Waals surface area (Å²) in [5.41, 5.74) is 4.36. The van der Waals surface area contributed by atoms with Gasteiger partial charge in [0.25, 0.3) is 5.91 Å². The lowest BCUT2D eigenvalue weighted by Crippen LogP contribution is -2.61. The van der Waals surface area contributed by atoms with Crippen molar-refractivity contribution < 1.29 is 4.79 Å². The number of amides is 1. The molecule has 2 atom stereocenters. The fourth-order valence-corrected chi connectivity index (χ4v) is 2.72. The quantitative estimate of drug-likeness (QED) is 0.898. The summed E-state index contributed by atoms with van der Waals surface area (Å²) in [5.74, 6) is 0.441. The highest BCUT2D eigenvalue weighted by molar-refractivity contribution is 5.93. The molecule has 0 aliphatic carbocycles. The van der Waals surface area contributed by atoms with Gasteiger partial charge in [-0.1, -0.05) is 30.3 Å². The minimum Gasteiger partial charge on any atom is -0.313 e. The van der Waals surface area contributed by atoms with Crippen LogP contribution in [0, 0.1) is 0 Å². The lowest BCUT2D eigenvalue weighted by Gasteiger charge is -2.39. The van der Waals surface area contributed by atoms with E-state index in [1.54, 1.807) is 12.4 Å². The van der Waals surface area contributed by atoms with Gasteiger partial charge in [-0.3, -0.25) is 10.2 Å². The third-order valence-corrected chi connectivity index (χ3v) is 4.01. The maximum atomic E-state index is 12.4. The maximum Gasteiger partial charge on any atom is 0.268 e. The van der Waals surface area contributed by atoms with Gasteiger partial charge in [-0.15, -0.1) is 0 Å². The summed E-state index contributed by atoms with van der Waals surface area (Å²) in [6.45, 7) is 5.87. The number of aromatic nitrogens is 2. The van der Waals surface area contributed by atoms with Crippen molar-refractivity contribution in [2.75, 3.05) is 13.1 Å². The highest BCUT2D eigenvalue weighted by atomic mass is 16.2. The maximum absolute atomic E-state index is 12.4. The van der Waals surface area contributed by atoms with Crippen molar-refractivity contribution in [3.05, 3.63) is 48.3 Å². The molecule has 6 nitrogen and oxygen atoms in total. The molecule has 2 heterocycles. The Bertz CT molecular complexity index is 648. The second kappa shape index (κ2) is 6.85. The highest BCUT2D eigenvalue weighted by Gasteiger charge is 2.26. The van der Waals surface area contributed by atoms with E-state index in [0.29, 0.717) is 11.4 Å². The van der Waals surface area contributed by atoms with E-state index in [2.05, 4.69) is 34.6 Å². The summed E-state index contributed by atoms with van der Waals surface area (Å²) < 4.78 is 0. The second-order valence-electron chi connectivity index (χ2n) is 5.87. The van der Waals surface area contributed by atoms with Crippen LogP contribution in [0.15, 0.2) is 42.7 Å². The van der Waals surface area contributed by atoms with Crippen molar-refractivity contribution in [2.24, 2.45) is 0 Å². The smallest absolute Gasteiger partial charge is 0.268 e. The highest BCUT2D eigenvalue weighted by Crippen LogP contribution is 2.13. The number of carbonyl (C=O) groups excluding carboxylic acids is 1. The van der Waals surface area contributed by atoms with Gasteiger partial charge in [-0.2, -0.15) is 0 Å². The Labute approximate surface area is 135 Å². The van der Waals surface area contributed by atoms with Crippen molar-refractivity contribution in [2.45, 2.75) is 25.9 Å². The third kappa shape index (κ3) is 3.55. The van der Waals surface area contributed by atoms with Crippen molar-refractivity contribution in [1.82, 2.24) is 25.7 Å². The molecule has 0 bridgehead atoms. The monoisotopic (exact) mass is 311 g/mol. The van der Waals surface area contributed by atoms with Crippen molar-refractivity contribution in [3.63, 3.8) is 0 Å². The lowest BCUT2D eigenvalue weighted by molar-refractivity contribution is 0.0437. The van der Waals surface area contributed by atoms with Crippen LogP contribution in [0.2, 0.25) is 0 Å². The fourth-order valence-electron chi connectivity index (χ4n) is 2.72. The SMILES string of the molecule is CC1CNCC(C)N1NC(=O)c1cnc(-c2ccccc2)nc1. The third-order valence-electron chi connectivity index (χ3n) is 4.01. The largest absolute Gasteiger partial charge is 0.313 e. The fraction of sp³-hybridized carbons (Fsp3) is 0.353. The number of nitrogens with one attached hydrogen (secondary N) is 2. The van der Waals surface area contributed by atoms with E-state index in [9.17, 15) is 4.79 Å². The standard InChI is InChI=1S/C17H21N5O/c1-12-8-18-9-13(2)22(12)21-17(23)15-10-19-16(20-11-15)14-6-4-3-5-7-14/h3-7,10-13,18H,8-9H2,1-2H3,(H,21,23). The van der Waals surface area contributed by atoms with Crippen LogP contribution in [-0.4, -0.2) is 46.1 Å². The predicted molar refractivity (Wildman–Crippen MR) is 88.6 cm³/mol. The molecule has 0 saturated carbocycles. The number of hydrogen-bond acceptors (Lipinski definition) is 5. The van der Waals surface area contributed by atoms with Gasteiger partial charge in [-0.25, -0.2) is 15.0 Å². The average molecular weight is 311 g/mol. The predicted octanol–water partition coefficient (Wildman–Crippen LogP) is 1.47. The summed E-state index contributed by atoms with van der Waals surface area (Å²) in [6.07, 6.45) is 3.14. The number of rotatable bonds is 3. The van der Waals surface area contributed by atoms with Gasteiger partial charge >= 0.3 is 0 Å². The van der Waals surface area contributed by atoms with Gasteiger partial charge in [-0.05, 0) is 13.8 Å². The van der Waals surface area contributed by atoms with Gasteiger partial charge in [0.05, 0.1) is 5.56 Å². The first-order valence-electron chi connectivity index (χ1n) is 7.82. The van der Waals surface area contributed by atoms with E-state index in [1.165, 1.54) is 0 Å². The molecule has 2 unspecified atom stereocenters. The molecule has 1 amide bonds. The first kappa shape index (κ1) is 15.6. The molecule has 0 radical (unpaired) electrons. The number of piperazine rings is 1. The Balaban J connectivity index is 1.70. The van der Waals surface area contributed by atoms with Gasteiger partial charge in [0.15, 0.2) is 5.82 Å². The molecule has 1 aliphatic heterocycles. The van der Waals surface area contributed by atoms with Gasteiger partial charge in [0.2, 0.25) is 0 Å². The molecule has 1 aromatic carbocycles. The van der Waals surface area contributed by atoms with Crippen molar-refractivity contribution in [1.29, 1.82) is 0 Å². The van der Waals surface area contributed by atoms with E-state index >= 15 is 0 Å². The van der Waals surface area contributed by atoms with Crippen LogP contribution in [0.1, 0.15) is 24.2 Å². The molecule has 0 spiro atoms. The van der Waals surface area contributed by atoms with E-state index in [1.807, 2.05) is 35.3 Å². The molecule has 1 fully saturated rings. The van der Waals surface area contributed by atoms with E-state index in [4.69, 9.17) is 0 Å². The van der Waals surface area contributed by atoms with Crippen LogP contribution in [0.4, 0.5) is 0 Å². The van der Waals surface area contributed by atoms with Crippen LogP contribution in [-0.2, 0) is 0 Å². The Morgan fingerprint density at radius 2 is 1.74 bits per heavy atom. The molecule has 1 saturated heterocycles. The molecule has 2 N–H and O–H groups in total. The number of carbonyl (C=O) groups is 1. The van der Waals surface area contributed by atoms with Crippen molar-refractivity contribution in [3.8, 4) is 11.4 Å². The second-order valence-corrected chi connectivity index (χ2v) is 5.87. The van der Waals surface area contributed by atoms with E-state index in [-0.39, 0.29) is 18.0 Å². The molecule has 1 aromatic heterocycles. The van der Waals surface area contributed by atoms with Gasteiger partial charge in [0, 0.05) is 43.1 Å². The number of hydrogen-bond donors (Lipinski definition) is 2. The summed E-state index contributed by atoms with van der Waals surface area (Å²) in [7, 11) is 0. The number of hydrazine groups is 1. The zero-order valence-corrected chi connectivity index (χ0v) is 13.4. The lowest BCUT2D eigenvalue weighted by atomic mass is 10.2. The molecule has 23 heavy (non-hydrogen) atoms. The van der Waals surface area contributed by atoms with E-state index in [0.717, 1.165) is 18.7 Å². The summed E-state index contributed by atoms with van der Waals surface area (Å²) in [5, 5.41) is 5.33. The molecule has 2 aromatic rings. The topological polar surface area (TPSA) is 70.2 Å². The molecule has 1 aliphatic rings. The first-order chi connectivity index (χ1) is 11.1. The van der Waals surface area contributed by atoms with Crippen LogP contribution < -0.4 is 10.7 Å². The molecular weight excluding hydrogens is 290 g/mol.